The molecule has 0 aliphatic heterocycles. The standard InChI is InChI=1S/C57H36S2/c1-57(2)49-21-11-9-14-37(49)38-28-27-35(29-50(38)57)55-42-18-6-4-16-40(42)54(41-17-5-7-19-43(41)55)34-25-23-33(24-26-34)45-30-48-47-32-52-46(39-15-10-12-22-51(39)58-52)31-53(47)59-56(48)44-20-8-3-13-36(44)45/h3-32H,1-2H3. The van der Waals surface area contributed by atoms with Gasteiger partial charge in [0.1, 0.15) is 0 Å². The smallest absolute Gasteiger partial charge is 0.0434 e. The molecule has 2 aromatic heterocycles. The summed E-state index contributed by atoms with van der Waals surface area (Å²) in [6.07, 6.45) is 0. The van der Waals surface area contributed by atoms with Crippen LogP contribution in [0.5, 0.6) is 0 Å². The van der Waals surface area contributed by atoms with Gasteiger partial charge in [-0.25, -0.2) is 0 Å². The Morgan fingerprint density at radius 3 is 1.53 bits per heavy atom. The highest BCUT2D eigenvalue weighted by Crippen LogP contribution is 2.52. The van der Waals surface area contributed by atoms with Crippen LogP contribution in [0.1, 0.15) is 25.0 Å². The predicted molar refractivity (Wildman–Crippen MR) is 259 cm³/mol. The van der Waals surface area contributed by atoms with Crippen molar-refractivity contribution in [3.8, 4) is 44.5 Å². The summed E-state index contributed by atoms with van der Waals surface area (Å²) in [6, 6.07) is 68.7. The number of hydrogen-bond acceptors (Lipinski definition) is 2. The lowest BCUT2D eigenvalue weighted by atomic mass is 9.80. The molecule has 276 valence electrons. The van der Waals surface area contributed by atoms with Crippen LogP contribution in [0.2, 0.25) is 0 Å². The van der Waals surface area contributed by atoms with Gasteiger partial charge in [-0.1, -0.05) is 166 Å². The minimum Gasteiger partial charge on any atom is -0.135 e. The summed E-state index contributed by atoms with van der Waals surface area (Å²) >= 11 is 3.83. The maximum Gasteiger partial charge on any atom is 0.0434 e. The van der Waals surface area contributed by atoms with Gasteiger partial charge in [0.15, 0.2) is 0 Å². The number of fused-ring (bicyclic) bond motifs is 13. The molecule has 13 rings (SSSR count). The molecule has 0 nitrogen and oxygen atoms in total. The van der Waals surface area contributed by atoms with Crippen LogP contribution in [-0.2, 0) is 5.41 Å². The van der Waals surface area contributed by atoms with E-state index in [0.717, 1.165) is 0 Å². The Balaban J connectivity index is 0.980. The lowest BCUT2D eigenvalue weighted by Gasteiger charge is -2.23. The maximum absolute atomic E-state index is 2.47. The summed E-state index contributed by atoms with van der Waals surface area (Å²) < 4.78 is 5.43. The van der Waals surface area contributed by atoms with Crippen molar-refractivity contribution in [1.29, 1.82) is 0 Å². The van der Waals surface area contributed by atoms with Crippen molar-refractivity contribution in [2.75, 3.05) is 0 Å². The van der Waals surface area contributed by atoms with Gasteiger partial charge in [0.2, 0.25) is 0 Å². The van der Waals surface area contributed by atoms with Gasteiger partial charge in [-0.3, -0.25) is 0 Å². The molecule has 0 spiro atoms. The first-order valence-electron chi connectivity index (χ1n) is 20.5. The third kappa shape index (κ3) is 4.70. The van der Waals surface area contributed by atoms with Crippen molar-refractivity contribution in [2.45, 2.75) is 19.3 Å². The molecule has 0 bridgehead atoms. The number of thiophene rings is 2. The van der Waals surface area contributed by atoms with Gasteiger partial charge in [0.25, 0.3) is 0 Å². The molecule has 0 unspecified atom stereocenters. The van der Waals surface area contributed by atoms with E-state index in [1.807, 2.05) is 22.7 Å². The second kappa shape index (κ2) is 12.2. The van der Waals surface area contributed by atoms with E-state index in [-0.39, 0.29) is 5.41 Å². The first kappa shape index (κ1) is 33.4. The summed E-state index contributed by atoms with van der Waals surface area (Å²) in [7, 11) is 0. The molecule has 2 heterocycles. The second-order valence-electron chi connectivity index (χ2n) is 16.7. The summed E-state index contributed by atoms with van der Waals surface area (Å²) in [5.41, 5.74) is 13.1. The quantitative estimate of drug-likeness (QED) is 0.157. The molecular formula is C57H36S2. The molecule has 0 saturated heterocycles. The highest BCUT2D eigenvalue weighted by molar-refractivity contribution is 7.28. The summed E-state index contributed by atoms with van der Waals surface area (Å²) in [6.45, 7) is 4.75. The Hall–Kier alpha value is -6.58. The van der Waals surface area contributed by atoms with Crippen molar-refractivity contribution >= 4 is 95.3 Å². The fraction of sp³-hybridized carbons (Fsp3) is 0.0526. The molecule has 1 aliphatic carbocycles. The predicted octanol–water partition coefficient (Wildman–Crippen LogP) is 17.2. The van der Waals surface area contributed by atoms with Crippen LogP contribution in [0.3, 0.4) is 0 Å². The van der Waals surface area contributed by atoms with Crippen LogP contribution in [0.4, 0.5) is 0 Å². The lowest BCUT2D eigenvalue weighted by molar-refractivity contribution is 0.660. The summed E-state index contributed by atoms with van der Waals surface area (Å²) in [4.78, 5) is 0. The number of benzene rings is 10. The zero-order valence-electron chi connectivity index (χ0n) is 32.6. The SMILES string of the molecule is CC1(C)c2ccccc2-c2ccc(-c3c4ccccc4c(-c4ccc(-c5cc6c7cc8sc9ccccc9c8cc7sc6c6ccccc56)cc4)c4ccccc34)cc21. The van der Waals surface area contributed by atoms with Crippen LogP contribution in [0.25, 0.3) is 117 Å². The van der Waals surface area contributed by atoms with E-state index in [2.05, 4.69) is 196 Å². The Morgan fingerprint density at radius 2 is 0.814 bits per heavy atom. The van der Waals surface area contributed by atoms with E-state index in [1.165, 1.54) is 128 Å². The molecular weight excluding hydrogens is 749 g/mol. The molecule has 1 aliphatic rings. The first-order chi connectivity index (χ1) is 29.0. The van der Waals surface area contributed by atoms with E-state index in [4.69, 9.17) is 0 Å². The third-order valence-corrected chi connectivity index (χ3v) is 15.6. The number of rotatable bonds is 3. The van der Waals surface area contributed by atoms with E-state index in [9.17, 15) is 0 Å². The van der Waals surface area contributed by atoms with Crippen molar-refractivity contribution < 1.29 is 0 Å². The third-order valence-electron chi connectivity index (χ3n) is 13.3. The lowest BCUT2D eigenvalue weighted by Crippen LogP contribution is -2.14. The topological polar surface area (TPSA) is 0 Å². The second-order valence-corrected chi connectivity index (χ2v) is 18.9. The molecule has 12 aromatic rings. The van der Waals surface area contributed by atoms with E-state index >= 15 is 0 Å². The molecule has 0 N–H and O–H groups in total. The average Bonchev–Trinajstić information content (AvgIpc) is 3.91. The van der Waals surface area contributed by atoms with Crippen molar-refractivity contribution in [3.63, 3.8) is 0 Å². The molecule has 0 fully saturated rings. The Bertz CT molecular complexity index is 3690. The molecule has 2 heteroatoms. The Labute approximate surface area is 350 Å². The van der Waals surface area contributed by atoms with Crippen LogP contribution in [0.15, 0.2) is 182 Å². The van der Waals surface area contributed by atoms with E-state index in [0.29, 0.717) is 0 Å². The summed E-state index contributed by atoms with van der Waals surface area (Å²) in [5.74, 6) is 0. The van der Waals surface area contributed by atoms with E-state index in [1.54, 1.807) is 0 Å². The minimum absolute atomic E-state index is 0.0622. The highest BCUT2D eigenvalue weighted by atomic mass is 32.1. The summed E-state index contributed by atoms with van der Waals surface area (Å²) in [5, 5.41) is 13.2. The van der Waals surface area contributed by atoms with Gasteiger partial charge in [-0.2, -0.15) is 0 Å². The average molecular weight is 785 g/mol. The maximum atomic E-state index is 2.47. The van der Waals surface area contributed by atoms with Crippen molar-refractivity contribution in [3.05, 3.63) is 193 Å². The van der Waals surface area contributed by atoms with Gasteiger partial charge in [0, 0.05) is 51.1 Å². The first-order valence-corrected chi connectivity index (χ1v) is 22.1. The zero-order valence-corrected chi connectivity index (χ0v) is 34.3. The monoisotopic (exact) mass is 784 g/mol. The minimum atomic E-state index is -0.0622. The molecule has 10 aromatic carbocycles. The zero-order chi connectivity index (χ0) is 39.0. The van der Waals surface area contributed by atoms with Crippen LogP contribution in [0, 0.1) is 0 Å². The van der Waals surface area contributed by atoms with Gasteiger partial charge in [-0.05, 0) is 113 Å². The van der Waals surface area contributed by atoms with Gasteiger partial charge in [0.05, 0.1) is 0 Å². The Kier molecular flexibility index (Phi) is 6.92. The highest BCUT2D eigenvalue weighted by Gasteiger charge is 2.35. The van der Waals surface area contributed by atoms with Crippen LogP contribution < -0.4 is 0 Å². The molecule has 0 atom stereocenters. The van der Waals surface area contributed by atoms with Crippen molar-refractivity contribution in [1.82, 2.24) is 0 Å². The van der Waals surface area contributed by atoms with Gasteiger partial charge in [-0.15, -0.1) is 22.7 Å². The fourth-order valence-electron chi connectivity index (χ4n) is 10.5. The van der Waals surface area contributed by atoms with Crippen LogP contribution in [-0.4, -0.2) is 0 Å². The molecule has 0 radical (unpaired) electrons. The molecule has 59 heavy (non-hydrogen) atoms. The normalized spacial score (nSPS) is 13.4. The largest absolute Gasteiger partial charge is 0.135 e. The van der Waals surface area contributed by atoms with Gasteiger partial charge >= 0.3 is 0 Å². The molecule has 0 saturated carbocycles. The van der Waals surface area contributed by atoms with E-state index < -0.39 is 0 Å². The fourth-order valence-corrected chi connectivity index (χ4v) is 12.9. The molecule has 0 amide bonds. The Morgan fingerprint density at radius 1 is 0.305 bits per heavy atom. The van der Waals surface area contributed by atoms with Gasteiger partial charge < -0.3 is 0 Å². The number of hydrogen-bond donors (Lipinski definition) is 0. The van der Waals surface area contributed by atoms with Crippen molar-refractivity contribution in [2.24, 2.45) is 0 Å². The van der Waals surface area contributed by atoms with Crippen LogP contribution >= 0.6 is 22.7 Å².